The van der Waals surface area contributed by atoms with Gasteiger partial charge in [0.25, 0.3) is 0 Å². The van der Waals surface area contributed by atoms with Crippen molar-refractivity contribution in [2.24, 2.45) is 0 Å². The van der Waals surface area contributed by atoms with E-state index in [9.17, 15) is 4.79 Å². The molecular formula is C19H23N3O2S. The lowest BCUT2D eigenvalue weighted by atomic mass is 10.2. The van der Waals surface area contributed by atoms with Gasteiger partial charge < -0.3 is 15.4 Å². The Morgan fingerprint density at radius 3 is 2.52 bits per heavy atom. The van der Waals surface area contributed by atoms with Gasteiger partial charge in [-0.3, -0.25) is 4.90 Å². The van der Waals surface area contributed by atoms with Crippen molar-refractivity contribution in [3.8, 4) is 0 Å². The number of ether oxygens (including phenoxy) is 1. The van der Waals surface area contributed by atoms with E-state index in [0.29, 0.717) is 0 Å². The van der Waals surface area contributed by atoms with Gasteiger partial charge >= 0.3 is 6.03 Å². The first-order valence-corrected chi connectivity index (χ1v) is 9.56. The van der Waals surface area contributed by atoms with E-state index in [1.165, 1.54) is 5.56 Å². The molecule has 0 radical (unpaired) electrons. The summed E-state index contributed by atoms with van der Waals surface area (Å²) in [5.74, 6) is 0. The Kier molecular flexibility index (Phi) is 6.33. The molecule has 2 aromatic carbocycles. The highest BCUT2D eigenvalue weighted by molar-refractivity contribution is 7.98. The van der Waals surface area contributed by atoms with Crippen LogP contribution in [0.5, 0.6) is 0 Å². The molecule has 25 heavy (non-hydrogen) atoms. The topological polar surface area (TPSA) is 53.6 Å². The van der Waals surface area contributed by atoms with E-state index in [1.807, 2.05) is 42.7 Å². The minimum absolute atomic E-state index is 0.237. The van der Waals surface area contributed by atoms with E-state index < -0.39 is 0 Å². The number of benzene rings is 2. The highest BCUT2D eigenvalue weighted by Crippen LogP contribution is 2.19. The predicted molar refractivity (Wildman–Crippen MR) is 103 cm³/mol. The number of hydrogen-bond acceptors (Lipinski definition) is 4. The third-order valence-electron chi connectivity index (χ3n) is 4.05. The summed E-state index contributed by atoms with van der Waals surface area (Å²) in [7, 11) is 0. The van der Waals surface area contributed by atoms with Crippen molar-refractivity contribution in [3.63, 3.8) is 0 Å². The average Bonchev–Trinajstić information content (AvgIpc) is 2.64. The maximum absolute atomic E-state index is 12.1. The highest BCUT2D eigenvalue weighted by atomic mass is 32.2. The second-order valence-electron chi connectivity index (χ2n) is 5.90. The van der Waals surface area contributed by atoms with Gasteiger partial charge in [0.15, 0.2) is 0 Å². The Morgan fingerprint density at radius 1 is 1.08 bits per heavy atom. The molecule has 6 heteroatoms. The summed E-state index contributed by atoms with van der Waals surface area (Å²) < 4.78 is 5.37. The van der Waals surface area contributed by atoms with Crippen molar-refractivity contribution in [1.82, 2.24) is 4.90 Å². The Balaban J connectivity index is 1.52. The van der Waals surface area contributed by atoms with Gasteiger partial charge in [0.1, 0.15) is 0 Å². The smallest absolute Gasteiger partial charge is 0.323 e. The number of carbonyl (C=O) groups excluding carboxylic acids is 1. The normalized spacial score (nSPS) is 14.9. The zero-order chi connectivity index (χ0) is 17.5. The molecule has 1 aliphatic rings. The summed E-state index contributed by atoms with van der Waals surface area (Å²) in [6.45, 7) is 4.46. The van der Waals surface area contributed by atoms with Gasteiger partial charge in [-0.2, -0.15) is 0 Å². The zero-order valence-electron chi connectivity index (χ0n) is 14.3. The molecule has 0 atom stereocenters. The number of amides is 2. The van der Waals surface area contributed by atoms with Gasteiger partial charge in [-0.25, -0.2) is 4.79 Å². The Morgan fingerprint density at radius 2 is 1.80 bits per heavy atom. The fraction of sp³-hybridized carbons (Fsp3) is 0.316. The van der Waals surface area contributed by atoms with E-state index in [1.54, 1.807) is 11.8 Å². The molecule has 0 aliphatic carbocycles. The summed E-state index contributed by atoms with van der Waals surface area (Å²) >= 11 is 1.65. The Labute approximate surface area is 152 Å². The van der Waals surface area contributed by atoms with E-state index in [4.69, 9.17) is 4.74 Å². The lowest BCUT2D eigenvalue weighted by Crippen LogP contribution is -2.35. The van der Waals surface area contributed by atoms with Crippen LogP contribution in [-0.2, 0) is 11.3 Å². The van der Waals surface area contributed by atoms with Crippen LogP contribution < -0.4 is 10.6 Å². The van der Waals surface area contributed by atoms with Gasteiger partial charge in [0, 0.05) is 35.9 Å². The largest absolute Gasteiger partial charge is 0.379 e. The van der Waals surface area contributed by atoms with Crippen LogP contribution in [0.15, 0.2) is 53.4 Å². The summed E-state index contributed by atoms with van der Waals surface area (Å²) in [6, 6.07) is 15.5. The minimum Gasteiger partial charge on any atom is -0.379 e. The molecule has 2 amide bonds. The highest BCUT2D eigenvalue weighted by Gasteiger charge is 2.10. The monoisotopic (exact) mass is 357 g/mol. The maximum Gasteiger partial charge on any atom is 0.323 e. The maximum atomic E-state index is 12.1. The predicted octanol–water partition coefficient (Wildman–Crippen LogP) is 3.88. The first kappa shape index (κ1) is 17.8. The lowest BCUT2D eigenvalue weighted by molar-refractivity contribution is 0.0342. The number of nitrogens with one attached hydrogen (secondary N) is 2. The number of rotatable bonds is 5. The summed E-state index contributed by atoms with van der Waals surface area (Å²) in [4.78, 5) is 15.6. The standard InChI is InChI=1S/C19H23N3O2S/c1-25-18-4-2-3-17(13-18)21-19(23)20-16-7-5-15(6-8-16)14-22-9-11-24-12-10-22/h2-8,13H,9-12,14H2,1H3,(H2,20,21,23). The molecule has 2 N–H and O–H groups in total. The fourth-order valence-corrected chi connectivity index (χ4v) is 3.16. The number of urea groups is 1. The molecule has 0 spiro atoms. The summed E-state index contributed by atoms with van der Waals surface area (Å²) in [6.07, 6.45) is 2.01. The molecule has 3 rings (SSSR count). The molecule has 0 saturated carbocycles. The number of nitrogens with zero attached hydrogens (tertiary/aromatic N) is 1. The van der Waals surface area contributed by atoms with Crippen LogP contribution in [0.1, 0.15) is 5.56 Å². The third-order valence-corrected chi connectivity index (χ3v) is 4.77. The molecule has 1 fully saturated rings. The van der Waals surface area contributed by atoms with Crippen LogP contribution in [0, 0.1) is 0 Å². The van der Waals surface area contributed by atoms with E-state index >= 15 is 0 Å². The van der Waals surface area contributed by atoms with Crippen LogP contribution in [0.4, 0.5) is 16.2 Å². The number of thioether (sulfide) groups is 1. The second-order valence-corrected chi connectivity index (χ2v) is 6.78. The summed E-state index contributed by atoms with van der Waals surface area (Å²) in [5, 5.41) is 5.73. The Hall–Kier alpha value is -2.02. The number of carbonyl (C=O) groups is 1. The molecule has 1 saturated heterocycles. The van der Waals surface area contributed by atoms with E-state index in [0.717, 1.165) is 49.1 Å². The molecule has 0 unspecified atom stereocenters. The molecule has 0 bridgehead atoms. The van der Waals surface area contributed by atoms with Gasteiger partial charge in [-0.05, 0) is 42.2 Å². The molecule has 1 heterocycles. The Bertz CT molecular complexity index is 700. The van der Waals surface area contributed by atoms with Gasteiger partial charge in [0.2, 0.25) is 0 Å². The van der Waals surface area contributed by atoms with E-state index in [-0.39, 0.29) is 6.03 Å². The van der Waals surface area contributed by atoms with Crippen molar-refractivity contribution < 1.29 is 9.53 Å². The number of hydrogen-bond donors (Lipinski definition) is 2. The quantitative estimate of drug-likeness (QED) is 0.797. The van der Waals surface area contributed by atoms with Crippen molar-refractivity contribution in [2.75, 3.05) is 43.2 Å². The van der Waals surface area contributed by atoms with Gasteiger partial charge in [0.05, 0.1) is 13.2 Å². The van der Waals surface area contributed by atoms with Crippen molar-refractivity contribution in [2.45, 2.75) is 11.4 Å². The van der Waals surface area contributed by atoms with Crippen LogP contribution in [-0.4, -0.2) is 43.5 Å². The molecule has 0 aromatic heterocycles. The number of morpholine rings is 1. The minimum atomic E-state index is -0.237. The van der Waals surface area contributed by atoms with Crippen molar-refractivity contribution in [3.05, 3.63) is 54.1 Å². The summed E-state index contributed by atoms with van der Waals surface area (Å²) in [5.41, 5.74) is 2.80. The van der Waals surface area contributed by atoms with Gasteiger partial charge in [-0.15, -0.1) is 11.8 Å². The van der Waals surface area contributed by atoms with Crippen LogP contribution in [0.25, 0.3) is 0 Å². The SMILES string of the molecule is CSc1cccc(NC(=O)Nc2ccc(CN3CCOCC3)cc2)c1. The second kappa shape index (κ2) is 8.89. The lowest BCUT2D eigenvalue weighted by Gasteiger charge is -2.26. The molecule has 1 aliphatic heterocycles. The van der Waals surface area contributed by atoms with Crippen molar-refractivity contribution in [1.29, 1.82) is 0 Å². The molecular weight excluding hydrogens is 334 g/mol. The average molecular weight is 357 g/mol. The first-order chi connectivity index (χ1) is 12.2. The zero-order valence-corrected chi connectivity index (χ0v) is 15.1. The molecule has 5 nitrogen and oxygen atoms in total. The third kappa shape index (κ3) is 5.49. The van der Waals surface area contributed by atoms with E-state index in [2.05, 4.69) is 27.7 Å². The fourth-order valence-electron chi connectivity index (χ4n) is 2.71. The van der Waals surface area contributed by atoms with Crippen LogP contribution in [0.2, 0.25) is 0 Å². The van der Waals surface area contributed by atoms with Gasteiger partial charge in [-0.1, -0.05) is 18.2 Å². The van der Waals surface area contributed by atoms with Crippen LogP contribution in [0.3, 0.4) is 0 Å². The van der Waals surface area contributed by atoms with Crippen LogP contribution >= 0.6 is 11.8 Å². The molecule has 132 valence electrons. The number of anilines is 2. The molecule has 2 aromatic rings. The first-order valence-electron chi connectivity index (χ1n) is 8.34. The van der Waals surface area contributed by atoms with Crippen molar-refractivity contribution >= 4 is 29.2 Å².